The van der Waals surface area contributed by atoms with E-state index in [9.17, 15) is 9.59 Å². The molecule has 126 valence electrons. The Hall–Kier alpha value is -2.04. The molecule has 0 radical (unpaired) electrons. The van der Waals surface area contributed by atoms with Crippen molar-refractivity contribution in [2.24, 2.45) is 0 Å². The molecule has 0 bridgehead atoms. The molecule has 0 heterocycles. The quantitative estimate of drug-likeness (QED) is 0.477. The van der Waals surface area contributed by atoms with Crippen LogP contribution in [0.1, 0.15) is 33.6 Å². The van der Waals surface area contributed by atoms with E-state index < -0.39 is 10.5 Å². The van der Waals surface area contributed by atoms with Gasteiger partial charge in [-0.2, -0.15) is 0 Å². The monoisotopic (exact) mass is 366 g/mol. The fourth-order valence-electron chi connectivity index (χ4n) is 1.95. The lowest BCUT2D eigenvalue weighted by atomic mass is 10.2. The Kier molecular flexibility index (Phi) is 7.09. The summed E-state index contributed by atoms with van der Waals surface area (Å²) in [5.41, 5.74) is 0.888. The van der Waals surface area contributed by atoms with Crippen LogP contribution in [0.3, 0.4) is 0 Å². The highest BCUT2D eigenvalue weighted by Gasteiger charge is 2.02. The van der Waals surface area contributed by atoms with Gasteiger partial charge < -0.3 is 9.47 Å². The van der Waals surface area contributed by atoms with Gasteiger partial charge in [0.15, 0.2) is 0 Å². The van der Waals surface area contributed by atoms with Gasteiger partial charge in [0, 0.05) is 11.1 Å². The third-order valence-corrected chi connectivity index (χ3v) is 3.68. The zero-order valence-electron chi connectivity index (χ0n) is 12.8. The van der Waals surface area contributed by atoms with Crippen LogP contribution in [0.2, 0.25) is 0 Å². The molecule has 0 aliphatic heterocycles. The lowest BCUT2D eigenvalue weighted by Gasteiger charge is -2.08. The van der Waals surface area contributed by atoms with Gasteiger partial charge in [0.25, 0.3) is 10.5 Å². The highest BCUT2D eigenvalue weighted by atomic mass is 35.5. The highest BCUT2D eigenvalue weighted by Crippen LogP contribution is 2.15. The molecule has 0 saturated carbocycles. The van der Waals surface area contributed by atoms with Crippen LogP contribution in [-0.2, 0) is 0 Å². The van der Waals surface area contributed by atoms with Gasteiger partial charge >= 0.3 is 0 Å². The predicted molar refractivity (Wildman–Crippen MR) is 93.5 cm³/mol. The summed E-state index contributed by atoms with van der Waals surface area (Å²) < 4.78 is 11.1. The first kappa shape index (κ1) is 18.3. The standard InChI is InChI=1S/C18H16Cl2O4/c19-17(21)13-3-7-15(8-4-13)23-11-1-2-12-24-16-9-5-14(6-10-16)18(20)22/h3-10H,1-2,11-12H2. The largest absolute Gasteiger partial charge is 0.494 e. The van der Waals surface area contributed by atoms with Crippen molar-refractivity contribution in [3.8, 4) is 11.5 Å². The fraction of sp³-hybridized carbons (Fsp3) is 0.222. The molecule has 0 N–H and O–H groups in total. The molecule has 4 nitrogen and oxygen atoms in total. The first-order chi connectivity index (χ1) is 11.6. The molecular weight excluding hydrogens is 351 g/mol. The van der Waals surface area contributed by atoms with Crippen molar-refractivity contribution in [1.29, 1.82) is 0 Å². The second-order valence-corrected chi connectivity index (χ2v) is 5.69. The minimum absolute atomic E-state index is 0.444. The summed E-state index contributed by atoms with van der Waals surface area (Å²) in [6, 6.07) is 13.4. The van der Waals surface area contributed by atoms with Gasteiger partial charge in [-0.1, -0.05) is 0 Å². The maximum absolute atomic E-state index is 10.9. The average Bonchev–Trinajstić information content (AvgIpc) is 2.58. The molecule has 0 aliphatic carbocycles. The van der Waals surface area contributed by atoms with Gasteiger partial charge in [-0.05, 0) is 84.6 Å². The van der Waals surface area contributed by atoms with Gasteiger partial charge in [-0.15, -0.1) is 0 Å². The van der Waals surface area contributed by atoms with E-state index in [0.717, 1.165) is 12.8 Å². The Morgan fingerprint density at radius 1 is 0.667 bits per heavy atom. The molecule has 2 aromatic rings. The number of carbonyl (C=O) groups excluding carboxylic acids is 2. The number of hydrogen-bond acceptors (Lipinski definition) is 4. The summed E-state index contributed by atoms with van der Waals surface area (Å²) >= 11 is 10.7. The lowest BCUT2D eigenvalue weighted by molar-refractivity contribution is 0.107. The molecule has 0 aliphatic rings. The van der Waals surface area contributed by atoms with Gasteiger partial charge in [0.2, 0.25) is 0 Å². The smallest absolute Gasteiger partial charge is 0.252 e. The zero-order valence-corrected chi connectivity index (χ0v) is 14.3. The van der Waals surface area contributed by atoms with E-state index >= 15 is 0 Å². The zero-order chi connectivity index (χ0) is 17.4. The number of halogens is 2. The maximum Gasteiger partial charge on any atom is 0.252 e. The third kappa shape index (κ3) is 5.87. The number of benzene rings is 2. The number of ether oxygens (including phenoxy) is 2. The summed E-state index contributed by atoms with van der Waals surface area (Å²) in [7, 11) is 0. The van der Waals surface area contributed by atoms with Gasteiger partial charge in [0.05, 0.1) is 13.2 Å². The Morgan fingerprint density at radius 3 is 1.29 bits per heavy atom. The van der Waals surface area contributed by atoms with E-state index in [4.69, 9.17) is 32.7 Å². The molecule has 6 heteroatoms. The van der Waals surface area contributed by atoms with Crippen LogP contribution in [0, 0.1) is 0 Å². The van der Waals surface area contributed by atoms with Crippen molar-refractivity contribution in [3.63, 3.8) is 0 Å². The van der Waals surface area contributed by atoms with Crippen LogP contribution >= 0.6 is 23.2 Å². The van der Waals surface area contributed by atoms with Crippen molar-refractivity contribution in [1.82, 2.24) is 0 Å². The Labute approximate surface area is 150 Å². The molecule has 24 heavy (non-hydrogen) atoms. The summed E-state index contributed by atoms with van der Waals surface area (Å²) in [6.45, 7) is 1.11. The van der Waals surface area contributed by atoms with Crippen molar-refractivity contribution in [3.05, 3.63) is 59.7 Å². The summed E-state index contributed by atoms with van der Waals surface area (Å²) in [5, 5.41) is -0.968. The molecule has 0 saturated heterocycles. The molecule has 2 aromatic carbocycles. The van der Waals surface area contributed by atoms with E-state index in [1.807, 2.05) is 0 Å². The van der Waals surface area contributed by atoms with Gasteiger partial charge in [-0.3, -0.25) is 9.59 Å². The van der Waals surface area contributed by atoms with E-state index in [0.29, 0.717) is 35.8 Å². The van der Waals surface area contributed by atoms with Crippen LogP contribution in [0.5, 0.6) is 11.5 Å². The highest BCUT2D eigenvalue weighted by molar-refractivity contribution is 6.68. The molecule has 0 atom stereocenters. The maximum atomic E-state index is 10.9. The van der Waals surface area contributed by atoms with Crippen LogP contribution in [0.25, 0.3) is 0 Å². The summed E-state index contributed by atoms with van der Waals surface area (Å²) in [6.07, 6.45) is 1.66. The molecular formula is C18H16Cl2O4. The van der Waals surface area contributed by atoms with Crippen molar-refractivity contribution in [2.75, 3.05) is 13.2 Å². The summed E-state index contributed by atoms with van der Waals surface area (Å²) in [4.78, 5) is 21.9. The number of rotatable bonds is 9. The first-order valence-corrected chi connectivity index (χ1v) is 8.17. The van der Waals surface area contributed by atoms with E-state index in [1.54, 1.807) is 48.5 Å². The topological polar surface area (TPSA) is 52.6 Å². The fourth-order valence-corrected chi connectivity index (χ4v) is 2.20. The molecule has 0 unspecified atom stereocenters. The predicted octanol–water partition coefficient (Wildman–Crippen LogP) is 4.68. The Bertz CT molecular complexity index is 620. The number of carbonyl (C=O) groups is 2. The molecule has 0 aromatic heterocycles. The van der Waals surface area contributed by atoms with E-state index in [1.165, 1.54) is 0 Å². The lowest BCUT2D eigenvalue weighted by Crippen LogP contribution is -2.03. The molecule has 0 fully saturated rings. The van der Waals surface area contributed by atoms with Gasteiger partial charge in [-0.25, -0.2) is 0 Å². The van der Waals surface area contributed by atoms with Crippen LogP contribution in [-0.4, -0.2) is 23.7 Å². The third-order valence-electron chi connectivity index (χ3n) is 3.24. The SMILES string of the molecule is O=C(Cl)c1ccc(OCCCCOc2ccc(C(=O)Cl)cc2)cc1. The Balaban J connectivity index is 1.62. The van der Waals surface area contributed by atoms with Gasteiger partial charge in [0.1, 0.15) is 11.5 Å². The number of hydrogen-bond donors (Lipinski definition) is 0. The van der Waals surface area contributed by atoms with E-state index in [2.05, 4.69) is 0 Å². The average molecular weight is 367 g/mol. The molecule has 2 rings (SSSR count). The van der Waals surface area contributed by atoms with E-state index in [-0.39, 0.29) is 0 Å². The molecule has 0 spiro atoms. The van der Waals surface area contributed by atoms with Crippen molar-refractivity contribution < 1.29 is 19.1 Å². The minimum Gasteiger partial charge on any atom is -0.494 e. The van der Waals surface area contributed by atoms with Crippen LogP contribution in [0.15, 0.2) is 48.5 Å². The minimum atomic E-state index is -0.484. The number of unbranched alkanes of at least 4 members (excludes halogenated alkanes) is 1. The summed E-state index contributed by atoms with van der Waals surface area (Å²) in [5.74, 6) is 1.39. The van der Waals surface area contributed by atoms with Crippen LogP contribution in [0.4, 0.5) is 0 Å². The normalized spacial score (nSPS) is 10.2. The second kappa shape index (κ2) is 9.30. The van der Waals surface area contributed by atoms with Crippen molar-refractivity contribution >= 4 is 33.7 Å². The molecule has 0 amide bonds. The first-order valence-electron chi connectivity index (χ1n) is 7.41. The van der Waals surface area contributed by atoms with Crippen LogP contribution < -0.4 is 9.47 Å². The Morgan fingerprint density at radius 2 is 1.00 bits per heavy atom. The second-order valence-electron chi connectivity index (χ2n) is 5.00. The van der Waals surface area contributed by atoms with Crippen molar-refractivity contribution in [2.45, 2.75) is 12.8 Å².